The van der Waals surface area contributed by atoms with Crippen LogP contribution in [0.3, 0.4) is 0 Å². The molecule has 0 saturated carbocycles. The van der Waals surface area contributed by atoms with Crippen LogP contribution in [0.2, 0.25) is 0 Å². The van der Waals surface area contributed by atoms with Crippen LogP contribution in [-0.2, 0) is 4.79 Å². The van der Waals surface area contributed by atoms with Crippen LogP contribution in [0, 0.1) is 0 Å². The molecule has 1 aromatic carbocycles. The zero-order chi connectivity index (χ0) is 12.3. The largest absolute Gasteiger partial charge is 0.480 e. The molecule has 1 aromatic heterocycles. The van der Waals surface area contributed by atoms with E-state index in [1.54, 1.807) is 6.07 Å². The molecule has 0 aliphatic heterocycles. The van der Waals surface area contributed by atoms with Gasteiger partial charge in [-0.25, -0.2) is 9.97 Å². The zero-order valence-corrected chi connectivity index (χ0v) is 8.95. The van der Waals surface area contributed by atoms with Crippen molar-refractivity contribution in [2.45, 2.75) is 6.04 Å². The van der Waals surface area contributed by atoms with Gasteiger partial charge in [0, 0.05) is 11.8 Å². The average molecular weight is 229 g/mol. The maximum absolute atomic E-state index is 10.7. The van der Waals surface area contributed by atoms with E-state index in [0.29, 0.717) is 5.69 Å². The molecule has 0 amide bonds. The molecular formula is C12H11N3O2. The van der Waals surface area contributed by atoms with Crippen LogP contribution in [-0.4, -0.2) is 21.0 Å². The number of hydrogen-bond acceptors (Lipinski definition) is 4. The molecule has 1 unspecified atom stereocenters. The van der Waals surface area contributed by atoms with Gasteiger partial charge in [-0.1, -0.05) is 30.3 Å². The van der Waals surface area contributed by atoms with E-state index in [-0.39, 0.29) is 5.82 Å². The summed E-state index contributed by atoms with van der Waals surface area (Å²) in [6.07, 6.45) is 1.51. The van der Waals surface area contributed by atoms with Crippen LogP contribution in [0.1, 0.15) is 11.9 Å². The maximum atomic E-state index is 10.7. The Hall–Kier alpha value is -2.27. The van der Waals surface area contributed by atoms with Gasteiger partial charge in [-0.15, -0.1) is 0 Å². The molecule has 0 aliphatic carbocycles. The van der Waals surface area contributed by atoms with Gasteiger partial charge in [0.1, 0.15) is 0 Å². The molecule has 1 atom stereocenters. The van der Waals surface area contributed by atoms with Gasteiger partial charge in [-0.2, -0.15) is 0 Å². The number of hydrogen-bond donors (Lipinski definition) is 2. The molecule has 3 N–H and O–H groups in total. The van der Waals surface area contributed by atoms with Crippen LogP contribution >= 0.6 is 0 Å². The highest BCUT2D eigenvalue weighted by molar-refractivity contribution is 5.74. The van der Waals surface area contributed by atoms with E-state index in [0.717, 1.165) is 5.56 Å². The Morgan fingerprint density at radius 3 is 2.59 bits per heavy atom. The van der Waals surface area contributed by atoms with Crippen molar-refractivity contribution in [3.05, 3.63) is 48.4 Å². The van der Waals surface area contributed by atoms with Crippen molar-refractivity contribution in [1.82, 2.24) is 9.97 Å². The summed E-state index contributed by atoms with van der Waals surface area (Å²) < 4.78 is 0. The van der Waals surface area contributed by atoms with E-state index in [9.17, 15) is 4.79 Å². The fourth-order valence-electron chi connectivity index (χ4n) is 1.40. The van der Waals surface area contributed by atoms with Crippen molar-refractivity contribution in [3.8, 4) is 11.3 Å². The molecule has 2 aromatic rings. The topological polar surface area (TPSA) is 89.1 Å². The number of aromatic nitrogens is 2. The van der Waals surface area contributed by atoms with Crippen LogP contribution in [0.4, 0.5) is 0 Å². The molecule has 17 heavy (non-hydrogen) atoms. The normalized spacial score (nSPS) is 12.1. The predicted molar refractivity (Wildman–Crippen MR) is 62.0 cm³/mol. The molecule has 0 radical (unpaired) electrons. The van der Waals surface area contributed by atoms with Gasteiger partial charge < -0.3 is 10.8 Å². The third-order valence-electron chi connectivity index (χ3n) is 2.29. The minimum absolute atomic E-state index is 0.110. The highest BCUT2D eigenvalue weighted by Gasteiger charge is 2.17. The highest BCUT2D eigenvalue weighted by Crippen LogP contribution is 2.16. The fourth-order valence-corrected chi connectivity index (χ4v) is 1.40. The number of nitrogens with two attached hydrogens (primary N) is 1. The van der Waals surface area contributed by atoms with Crippen molar-refractivity contribution in [3.63, 3.8) is 0 Å². The smallest absolute Gasteiger partial charge is 0.328 e. The van der Waals surface area contributed by atoms with E-state index in [4.69, 9.17) is 10.8 Å². The molecule has 0 aliphatic rings. The number of carboxylic acid groups (broad SMARTS) is 1. The van der Waals surface area contributed by atoms with Crippen molar-refractivity contribution in [2.75, 3.05) is 0 Å². The Morgan fingerprint density at radius 1 is 1.24 bits per heavy atom. The first-order valence-corrected chi connectivity index (χ1v) is 5.05. The first-order valence-electron chi connectivity index (χ1n) is 5.05. The van der Waals surface area contributed by atoms with Gasteiger partial charge in [-0.3, -0.25) is 4.79 Å². The monoisotopic (exact) mass is 229 g/mol. The molecular weight excluding hydrogens is 218 g/mol. The van der Waals surface area contributed by atoms with Gasteiger partial charge in [0.05, 0.1) is 5.69 Å². The summed E-state index contributed by atoms with van der Waals surface area (Å²) in [5.74, 6) is -1.03. The molecule has 86 valence electrons. The number of benzene rings is 1. The molecule has 5 heteroatoms. The summed E-state index contributed by atoms with van der Waals surface area (Å²) >= 11 is 0. The van der Waals surface area contributed by atoms with E-state index in [2.05, 4.69) is 9.97 Å². The Morgan fingerprint density at radius 2 is 1.94 bits per heavy atom. The predicted octanol–water partition coefficient (Wildman–Crippen LogP) is 1.23. The molecule has 0 saturated heterocycles. The lowest BCUT2D eigenvalue weighted by Gasteiger charge is -2.06. The van der Waals surface area contributed by atoms with Gasteiger partial charge >= 0.3 is 5.97 Å². The molecule has 0 bridgehead atoms. The number of carbonyl (C=O) groups is 1. The number of nitrogens with zero attached hydrogens (tertiary/aromatic N) is 2. The van der Waals surface area contributed by atoms with Gasteiger partial charge in [0.25, 0.3) is 0 Å². The lowest BCUT2D eigenvalue weighted by molar-refractivity contribution is -0.138. The Bertz CT molecular complexity index is 528. The van der Waals surface area contributed by atoms with E-state index in [1.807, 2.05) is 30.3 Å². The number of aliphatic carboxylic acids is 1. The van der Waals surface area contributed by atoms with Crippen LogP contribution < -0.4 is 5.73 Å². The van der Waals surface area contributed by atoms with Crippen molar-refractivity contribution in [2.24, 2.45) is 5.73 Å². The molecule has 0 spiro atoms. The molecule has 5 nitrogen and oxygen atoms in total. The third kappa shape index (κ3) is 2.46. The second-order valence-corrected chi connectivity index (χ2v) is 3.48. The second kappa shape index (κ2) is 4.71. The Kier molecular flexibility index (Phi) is 3.11. The quantitative estimate of drug-likeness (QED) is 0.826. The lowest BCUT2D eigenvalue weighted by Crippen LogP contribution is -2.23. The minimum atomic E-state index is -1.20. The zero-order valence-electron chi connectivity index (χ0n) is 8.95. The molecule has 1 heterocycles. The van der Waals surface area contributed by atoms with Crippen LogP contribution in [0.5, 0.6) is 0 Å². The SMILES string of the molecule is NC(C(=O)O)c1nccc(-c2ccccc2)n1. The minimum Gasteiger partial charge on any atom is -0.480 e. The van der Waals surface area contributed by atoms with E-state index < -0.39 is 12.0 Å². The van der Waals surface area contributed by atoms with Crippen LogP contribution in [0.15, 0.2) is 42.6 Å². The standard InChI is InChI=1S/C12H11N3O2/c13-10(12(16)17)11-14-7-6-9(15-11)8-4-2-1-3-5-8/h1-7,10H,13H2,(H,16,17). The third-order valence-corrected chi connectivity index (χ3v) is 2.29. The first kappa shape index (κ1) is 11.2. The summed E-state index contributed by atoms with van der Waals surface area (Å²) in [7, 11) is 0. The summed E-state index contributed by atoms with van der Waals surface area (Å²) in [5.41, 5.74) is 7.02. The summed E-state index contributed by atoms with van der Waals surface area (Å²) in [6.45, 7) is 0. The van der Waals surface area contributed by atoms with Crippen molar-refractivity contribution >= 4 is 5.97 Å². The summed E-state index contributed by atoms with van der Waals surface area (Å²) in [5, 5.41) is 8.79. The van der Waals surface area contributed by atoms with E-state index >= 15 is 0 Å². The summed E-state index contributed by atoms with van der Waals surface area (Å²) in [4.78, 5) is 18.8. The van der Waals surface area contributed by atoms with E-state index in [1.165, 1.54) is 6.20 Å². The fraction of sp³-hybridized carbons (Fsp3) is 0.0833. The number of carboxylic acids is 1. The lowest BCUT2D eigenvalue weighted by atomic mass is 10.1. The maximum Gasteiger partial charge on any atom is 0.328 e. The molecule has 2 rings (SSSR count). The van der Waals surface area contributed by atoms with Crippen LogP contribution in [0.25, 0.3) is 11.3 Å². The Balaban J connectivity index is 2.39. The van der Waals surface area contributed by atoms with Gasteiger partial charge in [0.15, 0.2) is 11.9 Å². The Labute approximate surface area is 98.0 Å². The number of rotatable bonds is 3. The van der Waals surface area contributed by atoms with Crippen molar-refractivity contribution in [1.29, 1.82) is 0 Å². The highest BCUT2D eigenvalue weighted by atomic mass is 16.4. The second-order valence-electron chi connectivity index (χ2n) is 3.48. The first-order chi connectivity index (χ1) is 8.18. The van der Waals surface area contributed by atoms with Gasteiger partial charge in [-0.05, 0) is 6.07 Å². The van der Waals surface area contributed by atoms with Gasteiger partial charge in [0.2, 0.25) is 0 Å². The average Bonchev–Trinajstić information content (AvgIpc) is 2.39. The summed E-state index contributed by atoms with van der Waals surface area (Å²) in [6, 6.07) is 9.96. The molecule has 0 fully saturated rings. The van der Waals surface area contributed by atoms with Crippen molar-refractivity contribution < 1.29 is 9.90 Å².